The normalized spacial score (nSPS) is 17.9. The SMILES string of the molecule is COC(=O)[C@H](NC(=O)C[C@@H]1NC(=O)[C@H](Cc2ccccc2)NC1=O)C(c1ccccc1)c1ccccc1. The van der Waals surface area contributed by atoms with Crippen LogP contribution < -0.4 is 16.0 Å². The van der Waals surface area contributed by atoms with Gasteiger partial charge in [-0.15, -0.1) is 0 Å². The largest absolute Gasteiger partial charge is 0.467 e. The Balaban J connectivity index is 1.48. The summed E-state index contributed by atoms with van der Waals surface area (Å²) in [6.45, 7) is 0. The third-order valence-corrected chi connectivity index (χ3v) is 6.36. The van der Waals surface area contributed by atoms with Crippen molar-refractivity contribution in [2.45, 2.75) is 36.9 Å². The van der Waals surface area contributed by atoms with Crippen molar-refractivity contribution < 1.29 is 23.9 Å². The van der Waals surface area contributed by atoms with Gasteiger partial charge in [-0.1, -0.05) is 91.0 Å². The number of carbonyl (C=O) groups is 4. The standard InChI is InChI=1S/C29H29N3O5/c1-37-29(36)26(25(20-13-7-3-8-14-20)21-15-9-4-10-16-21)32-24(33)18-23-28(35)30-22(27(34)31-23)17-19-11-5-2-6-12-19/h2-16,22-23,25-26H,17-18H2,1H3,(H,30,35)(H,31,34)(H,32,33)/t22-,23-,26+/m0/s1. The number of carbonyl (C=O) groups excluding carboxylic acids is 4. The quantitative estimate of drug-likeness (QED) is 0.390. The molecule has 3 atom stereocenters. The van der Waals surface area contributed by atoms with Gasteiger partial charge >= 0.3 is 5.97 Å². The fourth-order valence-electron chi connectivity index (χ4n) is 4.53. The second kappa shape index (κ2) is 12.0. The van der Waals surface area contributed by atoms with Gasteiger partial charge in [0.25, 0.3) is 0 Å². The number of nitrogens with one attached hydrogen (secondary N) is 3. The highest BCUT2D eigenvalue weighted by Crippen LogP contribution is 2.29. The number of hydrogen-bond donors (Lipinski definition) is 3. The van der Waals surface area contributed by atoms with Gasteiger partial charge in [-0.25, -0.2) is 4.79 Å². The van der Waals surface area contributed by atoms with Crippen molar-refractivity contribution in [2.75, 3.05) is 7.11 Å². The lowest BCUT2D eigenvalue weighted by Gasteiger charge is -2.31. The van der Waals surface area contributed by atoms with Crippen LogP contribution in [0.1, 0.15) is 29.0 Å². The molecule has 1 fully saturated rings. The minimum Gasteiger partial charge on any atom is -0.467 e. The van der Waals surface area contributed by atoms with E-state index in [-0.39, 0.29) is 12.3 Å². The molecule has 0 saturated carbocycles. The number of hydrogen-bond acceptors (Lipinski definition) is 5. The summed E-state index contributed by atoms with van der Waals surface area (Å²) in [5.41, 5.74) is 2.54. The third-order valence-electron chi connectivity index (χ3n) is 6.36. The molecule has 0 aliphatic carbocycles. The summed E-state index contributed by atoms with van der Waals surface area (Å²) < 4.78 is 5.03. The average Bonchev–Trinajstić information content (AvgIpc) is 2.92. The van der Waals surface area contributed by atoms with Crippen molar-refractivity contribution >= 4 is 23.7 Å². The molecule has 1 aliphatic heterocycles. The van der Waals surface area contributed by atoms with Gasteiger partial charge < -0.3 is 20.7 Å². The average molecular weight is 500 g/mol. The highest BCUT2D eigenvalue weighted by atomic mass is 16.5. The van der Waals surface area contributed by atoms with Crippen LogP contribution in [0.3, 0.4) is 0 Å². The Morgan fingerprint density at radius 3 is 1.81 bits per heavy atom. The first kappa shape index (κ1) is 25.6. The Kier molecular flexibility index (Phi) is 8.30. The molecule has 190 valence electrons. The van der Waals surface area contributed by atoms with Crippen molar-refractivity contribution in [2.24, 2.45) is 0 Å². The second-order valence-corrected chi connectivity index (χ2v) is 8.88. The molecule has 1 aliphatic rings. The number of benzene rings is 3. The zero-order valence-corrected chi connectivity index (χ0v) is 20.4. The molecule has 0 bridgehead atoms. The van der Waals surface area contributed by atoms with Crippen LogP contribution in [0.15, 0.2) is 91.0 Å². The van der Waals surface area contributed by atoms with Crippen molar-refractivity contribution in [1.29, 1.82) is 0 Å². The van der Waals surface area contributed by atoms with E-state index in [1.807, 2.05) is 91.0 Å². The van der Waals surface area contributed by atoms with Gasteiger partial charge in [0.05, 0.1) is 13.5 Å². The van der Waals surface area contributed by atoms with E-state index in [9.17, 15) is 19.2 Å². The van der Waals surface area contributed by atoms with E-state index in [4.69, 9.17) is 4.74 Å². The smallest absolute Gasteiger partial charge is 0.329 e. The highest BCUT2D eigenvalue weighted by molar-refractivity contribution is 5.99. The van der Waals surface area contributed by atoms with Crippen LogP contribution in [-0.4, -0.2) is 48.9 Å². The minimum atomic E-state index is -1.05. The van der Waals surface area contributed by atoms with Crippen LogP contribution in [0.2, 0.25) is 0 Å². The first-order chi connectivity index (χ1) is 18.0. The lowest BCUT2D eigenvalue weighted by atomic mass is 9.84. The van der Waals surface area contributed by atoms with E-state index < -0.39 is 41.8 Å². The summed E-state index contributed by atoms with van der Waals surface area (Å²) in [5.74, 6) is -2.52. The Labute approximate surface area is 215 Å². The zero-order valence-electron chi connectivity index (χ0n) is 20.4. The molecular weight excluding hydrogens is 470 g/mol. The van der Waals surface area contributed by atoms with Gasteiger partial charge in [-0.3, -0.25) is 14.4 Å². The Bertz CT molecular complexity index is 1190. The number of amides is 3. The zero-order chi connectivity index (χ0) is 26.2. The Morgan fingerprint density at radius 1 is 0.784 bits per heavy atom. The fourth-order valence-corrected chi connectivity index (χ4v) is 4.53. The summed E-state index contributed by atoms with van der Waals surface area (Å²) >= 11 is 0. The molecule has 0 spiro atoms. The summed E-state index contributed by atoms with van der Waals surface area (Å²) in [4.78, 5) is 51.3. The number of rotatable bonds is 9. The molecule has 3 aromatic carbocycles. The summed E-state index contributed by atoms with van der Waals surface area (Å²) in [6, 6.07) is 25.2. The van der Waals surface area contributed by atoms with Crippen LogP contribution >= 0.6 is 0 Å². The maximum absolute atomic E-state index is 13.1. The number of methoxy groups -OCH3 is 1. The van der Waals surface area contributed by atoms with Crippen LogP contribution in [0, 0.1) is 0 Å². The molecule has 8 heteroatoms. The van der Waals surface area contributed by atoms with Gasteiger partial charge in [0.1, 0.15) is 18.1 Å². The number of ether oxygens (including phenoxy) is 1. The number of esters is 1. The Morgan fingerprint density at radius 2 is 1.27 bits per heavy atom. The first-order valence-electron chi connectivity index (χ1n) is 12.1. The Hall–Kier alpha value is -4.46. The summed E-state index contributed by atoms with van der Waals surface area (Å²) in [6.07, 6.45) is 0.0248. The van der Waals surface area contributed by atoms with E-state index in [0.29, 0.717) is 6.42 Å². The predicted molar refractivity (Wildman–Crippen MR) is 137 cm³/mol. The monoisotopic (exact) mass is 499 g/mol. The van der Waals surface area contributed by atoms with Crippen LogP contribution in [0.5, 0.6) is 0 Å². The van der Waals surface area contributed by atoms with Gasteiger partial charge in [0.15, 0.2) is 0 Å². The first-order valence-corrected chi connectivity index (χ1v) is 12.1. The fraction of sp³-hybridized carbons (Fsp3) is 0.241. The van der Waals surface area contributed by atoms with E-state index in [2.05, 4.69) is 16.0 Å². The van der Waals surface area contributed by atoms with E-state index >= 15 is 0 Å². The topological polar surface area (TPSA) is 114 Å². The van der Waals surface area contributed by atoms with Crippen LogP contribution in [-0.2, 0) is 30.3 Å². The van der Waals surface area contributed by atoms with Crippen LogP contribution in [0.25, 0.3) is 0 Å². The van der Waals surface area contributed by atoms with Crippen molar-refractivity contribution in [3.8, 4) is 0 Å². The molecule has 37 heavy (non-hydrogen) atoms. The third kappa shape index (κ3) is 6.41. The maximum atomic E-state index is 13.1. The van der Waals surface area contributed by atoms with Crippen molar-refractivity contribution in [3.63, 3.8) is 0 Å². The van der Waals surface area contributed by atoms with Gasteiger partial charge in [0.2, 0.25) is 17.7 Å². The molecule has 3 aromatic rings. The molecule has 4 rings (SSSR count). The van der Waals surface area contributed by atoms with Gasteiger partial charge in [0, 0.05) is 12.3 Å². The molecule has 0 unspecified atom stereocenters. The lowest BCUT2D eigenvalue weighted by molar-refractivity contribution is -0.146. The molecule has 1 heterocycles. The van der Waals surface area contributed by atoms with Gasteiger partial charge in [-0.2, -0.15) is 0 Å². The molecule has 0 aromatic heterocycles. The molecule has 1 saturated heterocycles. The lowest BCUT2D eigenvalue weighted by Crippen LogP contribution is -2.63. The molecular formula is C29H29N3O5. The molecule has 0 radical (unpaired) electrons. The highest BCUT2D eigenvalue weighted by Gasteiger charge is 2.37. The van der Waals surface area contributed by atoms with E-state index in [0.717, 1.165) is 16.7 Å². The maximum Gasteiger partial charge on any atom is 0.329 e. The second-order valence-electron chi connectivity index (χ2n) is 8.88. The van der Waals surface area contributed by atoms with Crippen LogP contribution in [0.4, 0.5) is 0 Å². The number of piperazine rings is 1. The molecule has 3 N–H and O–H groups in total. The summed E-state index contributed by atoms with van der Waals surface area (Å²) in [5, 5.41) is 8.11. The van der Waals surface area contributed by atoms with Gasteiger partial charge in [-0.05, 0) is 16.7 Å². The van der Waals surface area contributed by atoms with E-state index in [1.54, 1.807) is 0 Å². The van der Waals surface area contributed by atoms with Crippen molar-refractivity contribution in [1.82, 2.24) is 16.0 Å². The summed E-state index contributed by atoms with van der Waals surface area (Å²) in [7, 11) is 1.26. The molecule has 8 nitrogen and oxygen atoms in total. The predicted octanol–water partition coefficient (Wildman–Crippen LogP) is 2.09. The minimum absolute atomic E-state index is 0.320. The van der Waals surface area contributed by atoms with Crippen molar-refractivity contribution in [3.05, 3.63) is 108 Å². The molecule has 3 amide bonds. The van der Waals surface area contributed by atoms with E-state index in [1.165, 1.54) is 7.11 Å².